The second kappa shape index (κ2) is 9.00. The molecule has 0 saturated carbocycles. The number of thioether (sulfide) groups is 1. The lowest BCUT2D eigenvalue weighted by Crippen LogP contribution is -2.10. The lowest BCUT2D eigenvalue weighted by Gasteiger charge is -2.15. The Morgan fingerprint density at radius 1 is 1.07 bits per heavy atom. The van der Waals surface area contributed by atoms with Crippen LogP contribution in [0.3, 0.4) is 0 Å². The molecule has 152 valence electrons. The van der Waals surface area contributed by atoms with Crippen LogP contribution in [0.4, 0.5) is 13.2 Å². The van der Waals surface area contributed by atoms with Gasteiger partial charge in [0.2, 0.25) is 5.75 Å². The van der Waals surface area contributed by atoms with Crippen molar-refractivity contribution in [3.63, 3.8) is 0 Å². The first kappa shape index (κ1) is 21.6. The van der Waals surface area contributed by atoms with Crippen LogP contribution in [0, 0.1) is 0 Å². The van der Waals surface area contributed by atoms with Crippen molar-refractivity contribution in [2.75, 3.05) is 27.1 Å². The SMILES string of the molecule is COc1cc(-c2cc(C(F)(F)F)nc(SCCC(=O)O)n2)cc(OC)c1OC. The Balaban J connectivity index is 2.55. The van der Waals surface area contributed by atoms with Crippen molar-refractivity contribution in [1.29, 1.82) is 0 Å². The topological polar surface area (TPSA) is 90.8 Å². The standard InChI is InChI=1S/C17H17F3N2O5S/c1-25-11-6-9(7-12(26-2)15(11)27-3)10-8-13(17(18,19)20)22-16(21-10)28-5-4-14(23)24/h6-8H,4-5H2,1-3H3,(H,23,24). The van der Waals surface area contributed by atoms with Crippen molar-refractivity contribution in [1.82, 2.24) is 9.97 Å². The van der Waals surface area contributed by atoms with Crippen LogP contribution >= 0.6 is 11.8 Å². The average molecular weight is 418 g/mol. The van der Waals surface area contributed by atoms with Gasteiger partial charge in [-0.25, -0.2) is 9.97 Å². The van der Waals surface area contributed by atoms with E-state index < -0.39 is 17.8 Å². The molecule has 1 aromatic carbocycles. The fourth-order valence-corrected chi connectivity index (χ4v) is 3.03. The zero-order valence-corrected chi connectivity index (χ0v) is 16.0. The van der Waals surface area contributed by atoms with E-state index in [1.165, 1.54) is 33.5 Å². The van der Waals surface area contributed by atoms with E-state index in [1.807, 2.05) is 0 Å². The number of carbonyl (C=O) groups is 1. The van der Waals surface area contributed by atoms with Crippen molar-refractivity contribution in [2.45, 2.75) is 17.8 Å². The van der Waals surface area contributed by atoms with Crippen molar-refractivity contribution >= 4 is 17.7 Å². The van der Waals surface area contributed by atoms with Gasteiger partial charge in [0, 0.05) is 11.3 Å². The number of ether oxygens (including phenoxy) is 3. The zero-order chi connectivity index (χ0) is 20.9. The van der Waals surface area contributed by atoms with Crippen LogP contribution in [0.2, 0.25) is 0 Å². The third kappa shape index (κ3) is 5.18. The number of benzene rings is 1. The van der Waals surface area contributed by atoms with Gasteiger partial charge in [-0.1, -0.05) is 11.8 Å². The minimum absolute atomic E-state index is 0.0144. The van der Waals surface area contributed by atoms with E-state index in [4.69, 9.17) is 19.3 Å². The third-order valence-corrected chi connectivity index (χ3v) is 4.35. The summed E-state index contributed by atoms with van der Waals surface area (Å²) < 4.78 is 55.4. The van der Waals surface area contributed by atoms with E-state index in [1.54, 1.807) is 0 Å². The summed E-state index contributed by atoms with van der Waals surface area (Å²) in [5.74, 6) is -0.238. The Hall–Kier alpha value is -2.69. The average Bonchev–Trinajstić information content (AvgIpc) is 2.65. The predicted octanol–water partition coefficient (Wildman–Crippen LogP) is 3.76. The number of halogens is 3. The van der Waals surface area contributed by atoms with Gasteiger partial charge < -0.3 is 19.3 Å². The molecule has 2 rings (SSSR count). The Kier molecular flexibility index (Phi) is 6.95. The number of aromatic nitrogens is 2. The molecule has 7 nitrogen and oxygen atoms in total. The Morgan fingerprint density at radius 2 is 1.68 bits per heavy atom. The number of nitrogens with zero attached hydrogens (tertiary/aromatic N) is 2. The predicted molar refractivity (Wildman–Crippen MR) is 95.1 cm³/mol. The van der Waals surface area contributed by atoms with Crippen molar-refractivity contribution in [3.8, 4) is 28.5 Å². The number of carboxylic acids is 1. The van der Waals surface area contributed by atoms with Gasteiger partial charge in [0.25, 0.3) is 0 Å². The summed E-state index contributed by atoms with van der Waals surface area (Å²) in [6.07, 6.45) is -4.93. The summed E-state index contributed by atoms with van der Waals surface area (Å²) in [6, 6.07) is 3.74. The maximum atomic E-state index is 13.3. The summed E-state index contributed by atoms with van der Waals surface area (Å²) >= 11 is 0.825. The molecule has 0 saturated heterocycles. The molecule has 11 heteroatoms. The van der Waals surface area contributed by atoms with Gasteiger partial charge in [-0.3, -0.25) is 4.79 Å². The molecule has 0 spiro atoms. The Morgan fingerprint density at radius 3 is 2.14 bits per heavy atom. The highest BCUT2D eigenvalue weighted by Crippen LogP contribution is 2.41. The fourth-order valence-electron chi connectivity index (χ4n) is 2.24. The minimum atomic E-state index is -4.69. The number of alkyl halides is 3. The maximum absolute atomic E-state index is 13.3. The molecule has 1 aromatic heterocycles. The number of rotatable bonds is 8. The van der Waals surface area contributed by atoms with E-state index in [9.17, 15) is 18.0 Å². The molecule has 28 heavy (non-hydrogen) atoms. The van der Waals surface area contributed by atoms with E-state index >= 15 is 0 Å². The molecule has 0 amide bonds. The quantitative estimate of drug-likeness (QED) is 0.512. The summed E-state index contributed by atoms with van der Waals surface area (Å²) in [7, 11) is 4.18. The molecule has 0 aliphatic rings. The molecule has 0 aliphatic carbocycles. The normalized spacial score (nSPS) is 11.2. The lowest BCUT2D eigenvalue weighted by molar-refractivity contribution is -0.141. The van der Waals surface area contributed by atoms with E-state index in [-0.39, 0.29) is 40.3 Å². The summed E-state index contributed by atoms with van der Waals surface area (Å²) in [6.45, 7) is 0. The minimum Gasteiger partial charge on any atom is -0.493 e. The smallest absolute Gasteiger partial charge is 0.433 e. The highest BCUT2D eigenvalue weighted by Gasteiger charge is 2.34. The highest BCUT2D eigenvalue weighted by molar-refractivity contribution is 7.99. The van der Waals surface area contributed by atoms with Crippen LogP contribution in [0.5, 0.6) is 17.2 Å². The first-order valence-corrected chi connectivity index (χ1v) is 8.79. The third-order valence-electron chi connectivity index (χ3n) is 3.50. The lowest BCUT2D eigenvalue weighted by atomic mass is 10.1. The van der Waals surface area contributed by atoms with Gasteiger partial charge in [0.05, 0.1) is 33.4 Å². The summed E-state index contributed by atoms with van der Waals surface area (Å²) in [5.41, 5.74) is -0.856. The first-order chi connectivity index (χ1) is 13.2. The number of hydrogen-bond acceptors (Lipinski definition) is 7. The van der Waals surface area contributed by atoms with Crippen molar-refractivity contribution in [2.24, 2.45) is 0 Å². The van der Waals surface area contributed by atoms with Crippen LogP contribution in [0.25, 0.3) is 11.3 Å². The largest absolute Gasteiger partial charge is 0.493 e. The molecule has 0 atom stereocenters. The Bertz CT molecular complexity index is 836. The summed E-state index contributed by atoms with van der Waals surface area (Å²) in [5, 5.41) is 8.52. The number of hydrogen-bond donors (Lipinski definition) is 1. The van der Waals surface area contributed by atoms with Gasteiger partial charge in [-0.15, -0.1) is 0 Å². The van der Waals surface area contributed by atoms with E-state index in [0.717, 1.165) is 17.8 Å². The van der Waals surface area contributed by atoms with Gasteiger partial charge in [-0.05, 0) is 18.2 Å². The molecule has 2 aromatic rings. The van der Waals surface area contributed by atoms with Crippen LogP contribution in [-0.4, -0.2) is 48.1 Å². The van der Waals surface area contributed by atoms with Crippen LogP contribution in [-0.2, 0) is 11.0 Å². The molecule has 1 N–H and O–H groups in total. The van der Waals surface area contributed by atoms with Gasteiger partial charge in [-0.2, -0.15) is 13.2 Å². The molecule has 0 fully saturated rings. The van der Waals surface area contributed by atoms with Gasteiger partial charge in [0.15, 0.2) is 16.7 Å². The fraction of sp³-hybridized carbons (Fsp3) is 0.353. The second-order valence-electron chi connectivity index (χ2n) is 5.32. The second-order valence-corrected chi connectivity index (χ2v) is 6.39. The first-order valence-electron chi connectivity index (χ1n) is 7.80. The number of methoxy groups -OCH3 is 3. The molecular formula is C17H17F3N2O5S. The van der Waals surface area contributed by atoms with Crippen LogP contribution in [0.15, 0.2) is 23.4 Å². The zero-order valence-electron chi connectivity index (χ0n) is 15.2. The van der Waals surface area contributed by atoms with Crippen molar-refractivity contribution < 1.29 is 37.3 Å². The molecule has 0 unspecified atom stereocenters. The monoisotopic (exact) mass is 418 g/mol. The highest BCUT2D eigenvalue weighted by atomic mass is 32.2. The maximum Gasteiger partial charge on any atom is 0.433 e. The van der Waals surface area contributed by atoms with Crippen LogP contribution < -0.4 is 14.2 Å². The Labute approximate surface area is 162 Å². The molecule has 0 radical (unpaired) electrons. The molecule has 0 bridgehead atoms. The number of aliphatic carboxylic acids is 1. The van der Waals surface area contributed by atoms with Crippen LogP contribution in [0.1, 0.15) is 12.1 Å². The molecule has 0 aliphatic heterocycles. The van der Waals surface area contributed by atoms with E-state index in [0.29, 0.717) is 5.56 Å². The van der Waals surface area contributed by atoms with Gasteiger partial charge in [0.1, 0.15) is 5.69 Å². The molecular weight excluding hydrogens is 401 g/mol. The van der Waals surface area contributed by atoms with E-state index in [2.05, 4.69) is 9.97 Å². The molecule has 1 heterocycles. The van der Waals surface area contributed by atoms with Gasteiger partial charge >= 0.3 is 12.1 Å². The van der Waals surface area contributed by atoms with Crippen molar-refractivity contribution in [3.05, 3.63) is 23.9 Å². The summed E-state index contributed by atoms with van der Waals surface area (Å²) in [4.78, 5) is 18.3. The number of carboxylic acid groups (broad SMARTS) is 1.